The fraction of sp³-hybridized carbons (Fsp3) is 0.214. The van der Waals surface area contributed by atoms with Gasteiger partial charge in [0.05, 0.1) is 6.54 Å². The highest BCUT2D eigenvalue weighted by Gasteiger charge is 2.04. The maximum Gasteiger partial charge on any atom is 0.251 e. The van der Waals surface area contributed by atoms with E-state index in [1.165, 1.54) is 0 Å². The Kier molecular flexibility index (Phi) is 4.02. The molecule has 2 rings (SSSR count). The molecule has 0 atom stereocenters. The van der Waals surface area contributed by atoms with E-state index in [1.807, 2.05) is 49.5 Å². The van der Waals surface area contributed by atoms with Crippen LogP contribution in [0.4, 0.5) is 5.69 Å². The van der Waals surface area contributed by atoms with E-state index in [1.54, 1.807) is 0 Å². The highest BCUT2D eigenvalue weighted by molar-refractivity contribution is 5.95. The second-order valence-electron chi connectivity index (χ2n) is 3.99. The Labute approximate surface area is 106 Å². The maximum atomic E-state index is 11.7. The van der Waals surface area contributed by atoms with Crippen LogP contribution in [0.1, 0.15) is 23.0 Å². The number of rotatable bonds is 5. The summed E-state index contributed by atoms with van der Waals surface area (Å²) >= 11 is 0. The van der Waals surface area contributed by atoms with Gasteiger partial charge in [-0.15, -0.1) is 0 Å². The molecule has 0 bridgehead atoms. The minimum Gasteiger partial charge on any atom is -0.379 e. The van der Waals surface area contributed by atoms with Gasteiger partial charge in [-0.05, 0) is 37.3 Å². The van der Waals surface area contributed by atoms with Crippen LogP contribution in [0.15, 0.2) is 42.6 Å². The average Bonchev–Trinajstić information content (AvgIpc) is 2.90. The van der Waals surface area contributed by atoms with Crippen molar-refractivity contribution in [3.8, 4) is 0 Å². The standard InChI is InChI=1S/C14H17N3O/c1-2-15-14(18)11-5-3-6-12(9-11)17-10-13-7-4-8-16-13/h3-9,16-17H,2,10H2,1H3,(H,15,18). The number of carbonyl (C=O) groups excluding carboxylic acids is 1. The Hall–Kier alpha value is -2.23. The summed E-state index contributed by atoms with van der Waals surface area (Å²) in [6.07, 6.45) is 1.89. The van der Waals surface area contributed by atoms with Crippen LogP contribution in [0.5, 0.6) is 0 Å². The first-order valence-electron chi connectivity index (χ1n) is 6.04. The summed E-state index contributed by atoms with van der Waals surface area (Å²) < 4.78 is 0. The summed E-state index contributed by atoms with van der Waals surface area (Å²) in [5, 5.41) is 6.06. The fourth-order valence-electron chi connectivity index (χ4n) is 1.71. The molecule has 0 saturated carbocycles. The van der Waals surface area contributed by atoms with Gasteiger partial charge >= 0.3 is 0 Å². The Morgan fingerprint density at radius 1 is 1.28 bits per heavy atom. The molecule has 0 spiro atoms. The number of amides is 1. The highest BCUT2D eigenvalue weighted by atomic mass is 16.1. The van der Waals surface area contributed by atoms with E-state index in [2.05, 4.69) is 15.6 Å². The molecule has 0 unspecified atom stereocenters. The summed E-state index contributed by atoms with van der Waals surface area (Å²) in [4.78, 5) is 14.8. The van der Waals surface area contributed by atoms with Gasteiger partial charge in [0.15, 0.2) is 0 Å². The lowest BCUT2D eigenvalue weighted by Gasteiger charge is -2.07. The molecule has 1 aromatic carbocycles. The minimum absolute atomic E-state index is 0.0407. The first kappa shape index (κ1) is 12.2. The molecule has 0 saturated heterocycles. The molecule has 4 heteroatoms. The van der Waals surface area contributed by atoms with Gasteiger partial charge in [-0.3, -0.25) is 4.79 Å². The number of benzene rings is 1. The molecule has 3 N–H and O–H groups in total. The quantitative estimate of drug-likeness (QED) is 0.755. The van der Waals surface area contributed by atoms with Gasteiger partial charge in [-0.1, -0.05) is 6.07 Å². The van der Waals surface area contributed by atoms with Gasteiger partial charge in [0, 0.05) is 29.7 Å². The van der Waals surface area contributed by atoms with Crippen molar-refractivity contribution in [2.24, 2.45) is 0 Å². The van der Waals surface area contributed by atoms with E-state index >= 15 is 0 Å². The Balaban J connectivity index is 2.01. The molecule has 4 nitrogen and oxygen atoms in total. The third-order valence-corrected chi connectivity index (χ3v) is 2.61. The maximum absolute atomic E-state index is 11.7. The van der Waals surface area contributed by atoms with Gasteiger partial charge < -0.3 is 15.6 Å². The van der Waals surface area contributed by atoms with Crippen molar-refractivity contribution in [1.29, 1.82) is 0 Å². The molecule has 0 aliphatic carbocycles. The molecule has 0 aliphatic heterocycles. The SMILES string of the molecule is CCNC(=O)c1cccc(NCc2ccc[nH]2)c1. The van der Waals surface area contributed by atoms with Crippen molar-refractivity contribution >= 4 is 11.6 Å². The van der Waals surface area contributed by atoms with Crippen LogP contribution >= 0.6 is 0 Å². The molecular weight excluding hydrogens is 226 g/mol. The zero-order chi connectivity index (χ0) is 12.8. The number of nitrogens with one attached hydrogen (secondary N) is 3. The normalized spacial score (nSPS) is 10.1. The first-order valence-corrected chi connectivity index (χ1v) is 6.04. The third-order valence-electron chi connectivity index (χ3n) is 2.61. The fourth-order valence-corrected chi connectivity index (χ4v) is 1.71. The summed E-state index contributed by atoms with van der Waals surface area (Å²) in [5.74, 6) is -0.0407. The number of aromatic nitrogens is 1. The van der Waals surface area contributed by atoms with Crippen LogP contribution in [0.3, 0.4) is 0 Å². The molecule has 1 aromatic heterocycles. The van der Waals surface area contributed by atoms with Crippen molar-refractivity contribution in [3.05, 3.63) is 53.9 Å². The predicted molar refractivity (Wildman–Crippen MR) is 72.6 cm³/mol. The van der Waals surface area contributed by atoms with Gasteiger partial charge in [0.25, 0.3) is 5.91 Å². The Bertz CT molecular complexity index is 506. The average molecular weight is 243 g/mol. The van der Waals surface area contributed by atoms with E-state index in [4.69, 9.17) is 0 Å². The topological polar surface area (TPSA) is 56.9 Å². The van der Waals surface area contributed by atoms with Gasteiger partial charge in [0.2, 0.25) is 0 Å². The van der Waals surface area contributed by atoms with E-state index in [0.29, 0.717) is 18.7 Å². The predicted octanol–water partition coefficient (Wildman–Crippen LogP) is 2.38. The second-order valence-corrected chi connectivity index (χ2v) is 3.99. The first-order chi connectivity index (χ1) is 8.79. The van der Waals surface area contributed by atoms with Crippen LogP contribution in [0.2, 0.25) is 0 Å². The van der Waals surface area contributed by atoms with Gasteiger partial charge in [-0.2, -0.15) is 0 Å². The summed E-state index contributed by atoms with van der Waals surface area (Å²) in [6, 6.07) is 11.5. The lowest BCUT2D eigenvalue weighted by molar-refractivity contribution is 0.0956. The molecule has 2 aromatic rings. The molecule has 1 amide bonds. The van der Waals surface area contributed by atoms with Crippen molar-refractivity contribution in [1.82, 2.24) is 10.3 Å². The number of aromatic amines is 1. The highest BCUT2D eigenvalue weighted by Crippen LogP contribution is 2.11. The summed E-state index contributed by atoms with van der Waals surface area (Å²) in [5.41, 5.74) is 2.72. The lowest BCUT2D eigenvalue weighted by atomic mass is 10.2. The molecule has 94 valence electrons. The molecule has 18 heavy (non-hydrogen) atoms. The molecule has 1 heterocycles. The largest absolute Gasteiger partial charge is 0.379 e. The van der Waals surface area contributed by atoms with Crippen LogP contribution < -0.4 is 10.6 Å². The molecule has 0 aliphatic rings. The van der Waals surface area contributed by atoms with E-state index < -0.39 is 0 Å². The zero-order valence-electron chi connectivity index (χ0n) is 10.4. The number of H-pyrrole nitrogens is 1. The third kappa shape index (κ3) is 3.13. The summed E-state index contributed by atoms with van der Waals surface area (Å²) in [6.45, 7) is 3.26. The number of hydrogen-bond donors (Lipinski definition) is 3. The Morgan fingerprint density at radius 2 is 2.17 bits per heavy atom. The monoisotopic (exact) mass is 243 g/mol. The molecule has 0 radical (unpaired) electrons. The van der Waals surface area contributed by atoms with E-state index in [9.17, 15) is 4.79 Å². The minimum atomic E-state index is -0.0407. The van der Waals surface area contributed by atoms with Crippen LogP contribution in [0, 0.1) is 0 Å². The van der Waals surface area contributed by atoms with Crippen molar-refractivity contribution in [2.45, 2.75) is 13.5 Å². The smallest absolute Gasteiger partial charge is 0.251 e. The summed E-state index contributed by atoms with van der Waals surface area (Å²) in [7, 11) is 0. The van der Waals surface area contributed by atoms with Crippen LogP contribution in [0.25, 0.3) is 0 Å². The van der Waals surface area contributed by atoms with Gasteiger partial charge in [-0.25, -0.2) is 0 Å². The lowest BCUT2D eigenvalue weighted by Crippen LogP contribution is -2.22. The zero-order valence-corrected chi connectivity index (χ0v) is 10.4. The number of anilines is 1. The van der Waals surface area contributed by atoms with Crippen molar-refractivity contribution in [2.75, 3.05) is 11.9 Å². The van der Waals surface area contributed by atoms with Crippen molar-refractivity contribution < 1.29 is 4.79 Å². The second kappa shape index (κ2) is 5.91. The van der Waals surface area contributed by atoms with E-state index in [0.717, 1.165) is 11.4 Å². The molecule has 0 fully saturated rings. The van der Waals surface area contributed by atoms with Crippen LogP contribution in [-0.4, -0.2) is 17.4 Å². The molecular formula is C14H17N3O. The van der Waals surface area contributed by atoms with Gasteiger partial charge in [0.1, 0.15) is 0 Å². The van der Waals surface area contributed by atoms with Crippen LogP contribution in [-0.2, 0) is 6.54 Å². The van der Waals surface area contributed by atoms with Crippen molar-refractivity contribution in [3.63, 3.8) is 0 Å². The number of hydrogen-bond acceptors (Lipinski definition) is 2. The Morgan fingerprint density at radius 3 is 2.89 bits per heavy atom. The van der Waals surface area contributed by atoms with E-state index in [-0.39, 0.29) is 5.91 Å². The number of carbonyl (C=O) groups is 1.